The number of hydrogen-bond donors (Lipinski definition) is 0. The Morgan fingerprint density at radius 2 is 2.19 bits per heavy atom. The fraction of sp³-hybridized carbons (Fsp3) is 0.500. The quantitative estimate of drug-likeness (QED) is 0.839. The molecule has 1 amide bonds. The predicted octanol–water partition coefficient (Wildman–Crippen LogP) is 3.85. The minimum atomic E-state index is 0.226. The SMILES string of the molecule is Cc1cc(C)c2c(CC(=O)N3CCCC(C)C3)coc2c1. The lowest BCUT2D eigenvalue weighted by Gasteiger charge is -2.31. The van der Waals surface area contributed by atoms with Gasteiger partial charge in [0.25, 0.3) is 0 Å². The van der Waals surface area contributed by atoms with Gasteiger partial charge >= 0.3 is 0 Å². The van der Waals surface area contributed by atoms with Gasteiger partial charge in [0.15, 0.2) is 0 Å². The molecule has 3 heteroatoms. The van der Waals surface area contributed by atoms with Gasteiger partial charge in [-0.1, -0.05) is 13.0 Å². The normalized spacial score (nSPS) is 19.2. The Bertz CT molecular complexity index is 671. The zero-order valence-corrected chi connectivity index (χ0v) is 13.1. The lowest BCUT2D eigenvalue weighted by atomic mass is 9.99. The van der Waals surface area contributed by atoms with Crippen LogP contribution in [0, 0.1) is 19.8 Å². The van der Waals surface area contributed by atoms with Gasteiger partial charge in [-0.15, -0.1) is 0 Å². The fourth-order valence-electron chi connectivity index (χ4n) is 3.45. The Labute approximate surface area is 125 Å². The molecule has 2 aromatic rings. The molecule has 0 saturated carbocycles. The van der Waals surface area contributed by atoms with Gasteiger partial charge in [0, 0.05) is 24.0 Å². The third kappa shape index (κ3) is 2.82. The van der Waals surface area contributed by atoms with Crippen LogP contribution in [0.1, 0.15) is 36.5 Å². The van der Waals surface area contributed by atoms with Crippen LogP contribution in [-0.4, -0.2) is 23.9 Å². The van der Waals surface area contributed by atoms with Crippen molar-refractivity contribution in [1.82, 2.24) is 4.90 Å². The average molecular weight is 285 g/mol. The van der Waals surface area contributed by atoms with Crippen molar-refractivity contribution in [3.63, 3.8) is 0 Å². The molecule has 112 valence electrons. The first kappa shape index (κ1) is 14.2. The molecule has 21 heavy (non-hydrogen) atoms. The summed E-state index contributed by atoms with van der Waals surface area (Å²) in [5.74, 6) is 0.845. The molecule has 0 aliphatic carbocycles. The van der Waals surface area contributed by atoms with E-state index >= 15 is 0 Å². The Morgan fingerprint density at radius 3 is 2.95 bits per heavy atom. The van der Waals surface area contributed by atoms with Gasteiger partial charge in [0.2, 0.25) is 5.91 Å². The van der Waals surface area contributed by atoms with Crippen molar-refractivity contribution in [2.24, 2.45) is 5.92 Å². The van der Waals surface area contributed by atoms with Crippen LogP contribution >= 0.6 is 0 Å². The highest BCUT2D eigenvalue weighted by Gasteiger charge is 2.22. The molecule has 0 bridgehead atoms. The highest BCUT2D eigenvalue weighted by molar-refractivity contribution is 5.90. The molecule has 1 atom stereocenters. The van der Waals surface area contributed by atoms with E-state index in [-0.39, 0.29) is 5.91 Å². The van der Waals surface area contributed by atoms with E-state index in [9.17, 15) is 4.79 Å². The standard InChI is InChI=1S/C18H23NO2/c1-12-5-4-6-19(10-12)17(20)9-15-11-21-16-8-13(2)7-14(3)18(15)16/h7-8,11-12H,4-6,9-10H2,1-3H3. The average Bonchev–Trinajstić information content (AvgIpc) is 2.81. The van der Waals surface area contributed by atoms with Gasteiger partial charge < -0.3 is 9.32 Å². The van der Waals surface area contributed by atoms with Crippen LogP contribution in [0.3, 0.4) is 0 Å². The highest BCUT2D eigenvalue weighted by Crippen LogP contribution is 2.27. The summed E-state index contributed by atoms with van der Waals surface area (Å²) in [7, 11) is 0. The van der Waals surface area contributed by atoms with Crippen molar-refractivity contribution >= 4 is 16.9 Å². The van der Waals surface area contributed by atoms with Crippen molar-refractivity contribution in [3.8, 4) is 0 Å². The summed E-state index contributed by atoms with van der Waals surface area (Å²) in [6, 6.07) is 4.19. The number of likely N-dealkylation sites (tertiary alicyclic amines) is 1. The molecular formula is C18H23NO2. The van der Waals surface area contributed by atoms with E-state index in [0.29, 0.717) is 12.3 Å². The molecule has 3 nitrogen and oxygen atoms in total. The van der Waals surface area contributed by atoms with Gasteiger partial charge in [0.1, 0.15) is 5.58 Å². The Morgan fingerprint density at radius 1 is 1.38 bits per heavy atom. The van der Waals surface area contributed by atoms with E-state index in [2.05, 4.69) is 26.8 Å². The molecule has 1 saturated heterocycles. The summed E-state index contributed by atoms with van der Waals surface area (Å²) in [6.45, 7) is 8.17. The number of aryl methyl sites for hydroxylation is 2. The van der Waals surface area contributed by atoms with E-state index in [1.165, 1.54) is 17.5 Å². The number of amides is 1. The minimum Gasteiger partial charge on any atom is -0.464 e. The third-order valence-electron chi connectivity index (χ3n) is 4.44. The van der Waals surface area contributed by atoms with E-state index in [1.807, 2.05) is 11.0 Å². The van der Waals surface area contributed by atoms with Crippen LogP contribution in [0.15, 0.2) is 22.8 Å². The predicted molar refractivity (Wildman–Crippen MR) is 84.4 cm³/mol. The number of fused-ring (bicyclic) bond motifs is 1. The zero-order valence-electron chi connectivity index (χ0n) is 13.1. The topological polar surface area (TPSA) is 33.5 Å². The molecule has 0 radical (unpaired) electrons. The summed E-state index contributed by atoms with van der Waals surface area (Å²) in [6.07, 6.45) is 4.56. The first-order chi connectivity index (χ1) is 10.0. The molecule has 1 aliphatic heterocycles. The van der Waals surface area contributed by atoms with Gasteiger partial charge in [0.05, 0.1) is 12.7 Å². The number of piperidine rings is 1. The second-order valence-electron chi connectivity index (χ2n) is 6.48. The Hall–Kier alpha value is -1.77. The lowest BCUT2D eigenvalue weighted by Crippen LogP contribution is -2.39. The van der Waals surface area contributed by atoms with Gasteiger partial charge in [-0.3, -0.25) is 4.79 Å². The third-order valence-corrected chi connectivity index (χ3v) is 4.44. The second-order valence-corrected chi connectivity index (χ2v) is 6.48. The molecule has 1 aromatic heterocycles. The van der Waals surface area contributed by atoms with Crippen molar-refractivity contribution < 1.29 is 9.21 Å². The first-order valence-corrected chi connectivity index (χ1v) is 7.79. The van der Waals surface area contributed by atoms with Crippen LogP contribution in [0.2, 0.25) is 0 Å². The van der Waals surface area contributed by atoms with Crippen LogP contribution in [-0.2, 0) is 11.2 Å². The van der Waals surface area contributed by atoms with Gasteiger partial charge in [-0.05, 0) is 49.8 Å². The zero-order chi connectivity index (χ0) is 15.0. The lowest BCUT2D eigenvalue weighted by molar-refractivity contribution is -0.132. The van der Waals surface area contributed by atoms with Crippen LogP contribution in [0.25, 0.3) is 11.0 Å². The van der Waals surface area contributed by atoms with E-state index in [1.54, 1.807) is 6.26 Å². The fourth-order valence-corrected chi connectivity index (χ4v) is 3.45. The summed E-state index contributed by atoms with van der Waals surface area (Å²) in [5, 5.41) is 1.11. The van der Waals surface area contributed by atoms with Crippen molar-refractivity contribution in [1.29, 1.82) is 0 Å². The Balaban J connectivity index is 1.83. The Kier molecular flexibility index (Phi) is 3.75. The number of nitrogens with zero attached hydrogens (tertiary/aromatic N) is 1. The first-order valence-electron chi connectivity index (χ1n) is 7.79. The number of benzene rings is 1. The molecule has 0 N–H and O–H groups in total. The van der Waals surface area contributed by atoms with Crippen LogP contribution in [0.4, 0.5) is 0 Å². The van der Waals surface area contributed by atoms with E-state index < -0.39 is 0 Å². The molecule has 1 aromatic carbocycles. The van der Waals surface area contributed by atoms with Crippen LogP contribution < -0.4 is 0 Å². The maximum absolute atomic E-state index is 12.5. The molecule has 0 spiro atoms. The maximum Gasteiger partial charge on any atom is 0.227 e. The number of furan rings is 1. The minimum absolute atomic E-state index is 0.226. The van der Waals surface area contributed by atoms with Gasteiger partial charge in [-0.25, -0.2) is 0 Å². The summed E-state index contributed by atoms with van der Waals surface area (Å²) in [5.41, 5.74) is 4.29. The summed E-state index contributed by atoms with van der Waals surface area (Å²) in [4.78, 5) is 14.5. The van der Waals surface area contributed by atoms with Crippen molar-refractivity contribution in [2.45, 2.75) is 40.0 Å². The summed E-state index contributed by atoms with van der Waals surface area (Å²) >= 11 is 0. The van der Waals surface area contributed by atoms with Crippen LogP contribution in [0.5, 0.6) is 0 Å². The monoisotopic (exact) mass is 285 g/mol. The molecule has 2 heterocycles. The molecule has 3 rings (SSSR count). The number of carbonyl (C=O) groups excluding carboxylic acids is 1. The molecule has 1 fully saturated rings. The van der Waals surface area contributed by atoms with Crippen molar-refractivity contribution in [2.75, 3.05) is 13.1 Å². The maximum atomic E-state index is 12.5. The molecular weight excluding hydrogens is 262 g/mol. The number of carbonyl (C=O) groups is 1. The molecule has 1 aliphatic rings. The van der Waals surface area contributed by atoms with E-state index in [4.69, 9.17) is 4.42 Å². The van der Waals surface area contributed by atoms with Crippen molar-refractivity contribution in [3.05, 3.63) is 35.1 Å². The van der Waals surface area contributed by atoms with Gasteiger partial charge in [-0.2, -0.15) is 0 Å². The second kappa shape index (κ2) is 5.55. The summed E-state index contributed by atoms with van der Waals surface area (Å²) < 4.78 is 5.65. The smallest absolute Gasteiger partial charge is 0.227 e. The number of hydrogen-bond acceptors (Lipinski definition) is 2. The van der Waals surface area contributed by atoms with E-state index in [0.717, 1.165) is 36.0 Å². The largest absolute Gasteiger partial charge is 0.464 e. The molecule has 1 unspecified atom stereocenters. The highest BCUT2D eigenvalue weighted by atomic mass is 16.3. The number of rotatable bonds is 2.